The van der Waals surface area contributed by atoms with Crippen LogP contribution in [0.2, 0.25) is 0 Å². The Morgan fingerprint density at radius 1 is 1.20 bits per heavy atom. The Kier molecular flexibility index (Phi) is 3.03. The standard InChI is InChI=1S/C8H12N4O3/c1-9-10-4-5-6(13)11(2)8(15)12(3)7(5)14/h4-5,9H,1-3H3. The first-order valence-electron chi connectivity index (χ1n) is 4.29. The smallest absolute Gasteiger partial charge is 0.313 e. The van der Waals surface area contributed by atoms with E-state index in [4.69, 9.17) is 0 Å². The number of carbonyl (C=O) groups is 3. The van der Waals surface area contributed by atoms with Crippen LogP contribution in [-0.2, 0) is 9.59 Å². The van der Waals surface area contributed by atoms with Crippen molar-refractivity contribution in [3.05, 3.63) is 0 Å². The first-order chi connectivity index (χ1) is 7.00. The highest BCUT2D eigenvalue weighted by atomic mass is 16.2. The molecule has 1 saturated heterocycles. The molecule has 7 nitrogen and oxygen atoms in total. The van der Waals surface area contributed by atoms with Gasteiger partial charge in [0, 0.05) is 27.4 Å². The zero-order chi connectivity index (χ0) is 11.6. The second kappa shape index (κ2) is 4.07. The lowest BCUT2D eigenvalue weighted by Gasteiger charge is -2.30. The Morgan fingerprint density at radius 2 is 1.67 bits per heavy atom. The number of hydrogen-bond donors (Lipinski definition) is 1. The fourth-order valence-corrected chi connectivity index (χ4v) is 1.21. The molecule has 0 aromatic rings. The van der Waals surface area contributed by atoms with Crippen molar-refractivity contribution in [1.29, 1.82) is 0 Å². The largest absolute Gasteiger partial charge is 0.332 e. The summed E-state index contributed by atoms with van der Waals surface area (Å²) in [4.78, 5) is 36.2. The first-order valence-corrected chi connectivity index (χ1v) is 4.29. The van der Waals surface area contributed by atoms with E-state index in [9.17, 15) is 14.4 Å². The van der Waals surface area contributed by atoms with Crippen LogP contribution in [0.1, 0.15) is 0 Å². The van der Waals surface area contributed by atoms with E-state index in [1.165, 1.54) is 20.3 Å². The molecule has 0 aliphatic carbocycles. The van der Waals surface area contributed by atoms with E-state index in [2.05, 4.69) is 10.5 Å². The number of amides is 4. The molecule has 4 amide bonds. The summed E-state index contributed by atoms with van der Waals surface area (Å²) >= 11 is 0. The average Bonchev–Trinajstić information content (AvgIpc) is 2.24. The van der Waals surface area contributed by atoms with Crippen molar-refractivity contribution in [2.24, 2.45) is 11.0 Å². The second-order valence-electron chi connectivity index (χ2n) is 3.06. The zero-order valence-electron chi connectivity index (χ0n) is 8.72. The zero-order valence-corrected chi connectivity index (χ0v) is 8.72. The van der Waals surface area contributed by atoms with Gasteiger partial charge in [0.25, 0.3) is 0 Å². The van der Waals surface area contributed by atoms with Gasteiger partial charge in [-0.15, -0.1) is 0 Å². The van der Waals surface area contributed by atoms with Gasteiger partial charge in [0.1, 0.15) is 0 Å². The molecule has 0 aromatic carbocycles. The number of carbonyl (C=O) groups excluding carboxylic acids is 3. The highest BCUT2D eigenvalue weighted by molar-refractivity contribution is 6.23. The fraction of sp³-hybridized carbons (Fsp3) is 0.500. The van der Waals surface area contributed by atoms with Crippen molar-refractivity contribution in [2.75, 3.05) is 21.1 Å². The van der Waals surface area contributed by atoms with E-state index in [0.29, 0.717) is 0 Å². The van der Waals surface area contributed by atoms with Gasteiger partial charge in [-0.2, -0.15) is 5.10 Å². The Bertz CT molecular complexity index is 315. The van der Waals surface area contributed by atoms with Crippen LogP contribution in [-0.4, -0.2) is 55.0 Å². The van der Waals surface area contributed by atoms with Crippen LogP contribution < -0.4 is 5.43 Å². The van der Waals surface area contributed by atoms with Gasteiger partial charge in [0.2, 0.25) is 11.8 Å². The van der Waals surface area contributed by atoms with Crippen molar-refractivity contribution in [3.8, 4) is 0 Å². The molecular formula is C8H12N4O3. The minimum Gasteiger partial charge on any atom is -0.313 e. The van der Waals surface area contributed by atoms with E-state index in [-0.39, 0.29) is 0 Å². The van der Waals surface area contributed by atoms with Crippen LogP contribution in [0.4, 0.5) is 4.79 Å². The third-order valence-electron chi connectivity index (χ3n) is 2.12. The summed E-state index contributed by atoms with van der Waals surface area (Å²) in [5, 5.41) is 3.61. The lowest BCUT2D eigenvalue weighted by Crippen LogP contribution is -2.57. The highest BCUT2D eigenvalue weighted by Crippen LogP contribution is 2.13. The Labute approximate surface area is 86.7 Å². The molecule has 0 unspecified atom stereocenters. The van der Waals surface area contributed by atoms with Crippen molar-refractivity contribution in [2.45, 2.75) is 0 Å². The van der Waals surface area contributed by atoms with Gasteiger partial charge in [-0.1, -0.05) is 0 Å². The molecular weight excluding hydrogens is 200 g/mol. The van der Waals surface area contributed by atoms with Crippen molar-refractivity contribution >= 4 is 24.1 Å². The van der Waals surface area contributed by atoms with Crippen molar-refractivity contribution in [3.63, 3.8) is 0 Å². The minimum atomic E-state index is -1.02. The third kappa shape index (κ3) is 1.80. The van der Waals surface area contributed by atoms with Gasteiger partial charge in [0.05, 0.1) is 0 Å². The molecule has 15 heavy (non-hydrogen) atoms. The molecule has 82 valence electrons. The Balaban J connectivity index is 2.97. The highest BCUT2D eigenvalue weighted by Gasteiger charge is 2.41. The van der Waals surface area contributed by atoms with Gasteiger partial charge in [-0.05, 0) is 0 Å². The summed E-state index contributed by atoms with van der Waals surface area (Å²) < 4.78 is 0. The van der Waals surface area contributed by atoms with Crippen LogP contribution in [0.5, 0.6) is 0 Å². The number of imide groups is 2. The monoisotopic (exact) mass is 212 g/mol. The van der Waals surface area contributed by atoms with Gasteiger partial charge < -0.3 is 5.43 Å². The van der Waals surface area contributed by atoms with Gasteiger partial charge in [-0.3, -0.25) is 19.4 Å². The SMILES string of the molecule is CNN=CC1C(=O)N(C)C(=O)N(C)C1=O. The predicted octanol–water partition coefficient (Wildman–Crippen LogP) is -1.14. The van der Waals surface area contributed by atoms with Crippen molar-refractivity contribution in [1.82, 2.24) is 15.2 Å². The second-order valence-corrected chi connectivity index (χ2v) is 3.06. The molecule has 1 N–H and O–H groups in total. The lowest BCUT2D eigenvalue weighted by molar-refractivity contribution is -0.144. The molecule has 1 aliphatic rings. The minimum absolute atomic E-state index is 0.567. The van der Waals surface area contributed by atoms with Crippen LogP contribution in [0, 0.1) is 5.92 Å². The number of nitrogens with zero attached hydrogens (tertiary/aromatic N) is 3. The maximum Gasteiger partial charge on any atom is 0.332 e. The van der Waals surface area contributed by atoms with Crippen LogP contribution >= 0.6 is 0 Å². The molecule has 0 radical (unpaired) electrons. The molecule has 1 aliphatic heterocycles. The normalized spacial score (nSPS) is 19.3. The molecule has 1 fully saturated rings. The van der Waals surface area contributed by atoms with Crippen molar-refractivity contribution < 1.29 is 14.4 Å². The molecule has 0 saturated carbocycles. The molecule has 0 atom stereocenters. The maximum atomic E-state index is 11.5. The third-order valence-corrected chi connectivity index (χ3v) is 2.12. The first kappa shape index (κ1) is 11.2. The number of urea groups is 1. The quantitative estimate of drug-likeness (QED) is 0.356. The Hall–Kier alpha value is -1.92. The van der Waals surface area contributed by atoms with E-state index >= 15 is 0 Å². The topological polar surface area (TPSA) is 82.1 Å². The van der Waals surface area contributed by atoms with Gasteiger partial charge in [0.15, 0.2) is 5.92 Å². The maximum absolute atomic E-state index is 11.5. The number of hydrogen-bond acceptors (Lipinski definition) is 5. The number of rotatable bonds is 2. The fourth-order valence-electron chi connectivity index (χ4n) is 1.21. The van der Waals surface area contributed by atoms with Crippen LogP contribution in [0.15, 0.2) is 5.10 Å². The molecule has 1 heterocycles. The molecule has 0 spiro atoms. The van der Waals surface area contributed by atoms with E-state index in [0.717, 1.165) is 9.80 Å². The van der Waals surface area contributed by atoms with E-state index in [1.54, 1.807) is 7.05 Å². The summed E-state index contributed by atoms with van der Waals surface area (Å²) in [5.74, 6) is -2.16. The van der Waals surface area contributed by atoms with Crippen LogP contribution in [0.25, 0.3) is 0 Å². The number of nitrogens with one attached hydrogen (secondary N) is 1. The molecule has 0 bridgehead atoms. The number of hydrazone groups is 1. The summed E-state index contributed by atoms with van der Waals surface area (Å²) in [5.41, 5.74) is 2.44. The number of barbiturate groups is 1. The Morgan fingerprint density at radius 3 is 2.07 bits per heavy atom. The lowest BCUT2D eigenvalue weighted by atomic mass is 10.1. The molecule has 7 heteroatoms. The van der Waals surface area contributed by atoms with E-state index < -0.39 is 23.8 Å². The summed E-state index contributed by atoms with van der Waals surface area (Å²) in [7, 11) is 4.20. The van der Waals surface area contributed by atoms with Gasteiger partial charge in [-0.25, -0.2) is 4.79 Å². The van der Waals surface area contributed by atoms with Gasteiger partial charge >= 0.3 is 6.03 Å². The predicted molar refractivity (Wildman–Crippen MR) is 52.0 cm³/mol. The summed E-state index contributed by atoms with van der Waals surface area (Å²) in [6.45, 7) is 0. The average molecular weight is 212 g/mol. The molecule has 1 rings (SSSR count). The van der Waals surface area contributed by atoms with E-state index in [1.807, 2.05) is 0 Å². The summed E-state index contributed by atoms with van der Waals surface area (Å²) in [6, 6.07) is -0.626. The summed E-state index contributed by atoms with van der Waals surface area (Å²) in [6.07, 6.45) is 1.18. The van der Waals surface area contributed by atoms with Crippen LogP contribution in [0.3, 0.4) is 0 Å². The molecule has 0 aromatic heterocycles.